The predicted octanol–water partition coefficient (Wildman–Crippen LogP) is 3.48. The Labute approximate surface area is 124 Å². The molecular weight excluding hydrogens is 264 g/mol. The highest BCUT2D eigenvalue weighted by molar-refractivity contribution is 5.88. The van der Waals surface area contributed by atoms with Gasteiger partial charge in [0.25, 0.3) is 0 Å². The Morgan fingerprint density at radius 2 is 1.86 bits per heavy atom. The molecule has 0 radical (unpaired) electrons. The lowest BCUT2D eigenvalue weighted by atomic mass is 10.2. The Balaban J connectivity index is 2.17. The zero-order valence-corrected chi connectivity index (χ0v) is 12.5. The van der Waals surface area contributed by atoms with E-state index in [1.54, 1.807) is 6.92 Å². The summed E-state index contributed by atoms with van der Waals surface area (Å²) in [7, 11) is 0. The van der Waals surface area contributed by atoms with Gasteiger partial charge >= 0.3 is 5.97 Å². The lowest BCUT2D eigenvalue weighted by Crippen LogP contribution is -2.12. The fraction of sp³-hybridized carbons (Fsp3) is 0.235. The van der Waals surface area contributed by atoms with E-state index in [4.69, 9.17) is 4.74 Å². The van der Waals surface area contributed by atoms with Gasteiger partial charge in [-0.1, -0.05) is 36.4 Å². The number of allylic oxidation sites excluding steroid dienone is 1. The SMILES string of the molecule is C/C=C\c1nc(C(=O)OCc2ccccc2)c(C)nc1C. The highest BCUT2D eigenvalue weighted by Gasteiger charge is 2.15. The number of carbonyl (C=O) groups excluding carboxylic acids is 1. The molecule has 1 aromatic heterocycles. The van der Waals surface area contributed by atoms with Crippen molar-refractivity contribution >= 4 is 12.0 Å². The van der Waals surface area contributed by atoms with E-state index in [0.717, 1.165) is 11.3 Å². The van der Waals surface area contributed by atoms with Crippen molar-refractivity contribution in [3.8, 4) is 0 Å². The molecule has 1 aromatic carbocycles. The van der Waals surface area contributed by atoms with Crippen molar-refractivity contribution in [3.63, 3.8) is 0 Å². The largest absolute Gasteiger partial charge is 0.456 e. The average Bonchev–Trinajstić information content (AvgIpc) is 2.49. The topological polar surface area (TPSA) is 52.1 Å². The van der Waals surface area contributed by atoms with Gasteiger partial charge in [-0.15, -0.1) is 0 Å². The molecule has 0 unspecified atom stereocenters. The summed E-state index contributed by atoms with van der Waals surface area (Å²) < 4.78 is 5.30. The second-order valence-electron chi connectivity index (χ2n) is 4.69. The van der Waals surface area contributed by atoms with Gasteiger partial charge in [0.15, 0.2) is 5.69 Å². The third-order valence-electron chi connectivity index (χ3n) is 3.01. The number of benzene rings is 1. The number of hydrogen-bond donors (Lipinski definition) is 0. The van der Waals surface area contributed by atoms with E-state index < -0.39 is 5.97 Å². The van der Waals surface area contributed by atoms with Crippen LogP contribution in [0.4, 0.5) is 0 Å². The molecule has 0 amide bonds. The molecule has 0 atom stereocenters. The van der Waals surface area contributed by atoms with Gasteiger partial charge in [0.2, 0.25) is 0 Å². The van der Waals surface area contributed by atoms with Crippen LogP contribution in [0.25, 0.3) is 6.08 Å². The summed E-state index contributed by atoms with van der Waals surface area (Å²) in [5.41, 5.74) is 3.28. The number of ether oxygens (including phenoxy) is 1. The number of esters is 1. The second kappa shape index (κ2) is 6.79. The molecular formula is C17H18N2O2. The molecule has 0 aliphatic rings. The van der Waals surface area contributed by atoms with Crippen LogP contribution >= 0.6 is 0 Å². The first-order valence-corrected chi connectivity index (χ1v) is 6.80. The Hall–Kier alpha value is -2.49. The summed E-state index contributed by atoms with van der Waals surface area (Å²) in [6, 6.07) is 9.55. The smallest absolute Gasteiger partial charge is 0.359 e. The first kappa shape index (κ1) is 14.9. The van der Waals surface area contributed by atoms with Gasteiger partial charge in [0.1, 0.15) is 6.61 Å². The molecule has 108 valence electrons. The van der Waals surface area contributed by atoms with Gasteiger partial charge in [-0.2, -0.15) is 0 Å². The van der Waals surface area contributed by atoms with Gasteiger partial charge in [0, 0.05) is 0 Å². The van der Waals surface area contributed by atoms with Crippen LogP contribution in [0.3, 0.4) is 0 Å². The lowest BCUT2D eigenvalue weighted by Gasteiger charge is -2.08. The maximum Gasteiger partial charge on any atom is 0.359 e. The van der Waals surface area contributed by atoms with E-state index in [0.29, 0.717) is 11.4 Å². The number of carbonyl (C=O) groups is 1. The van der Waals surface area contributed by atoms with Crippen LogP contribution < -0.4 is 0 Å². The van der Waals surface area contributed by atoms with Crippen LogP contribution in [0.1, 0.15) is 40.1 Å². The lowest BCUT2D eigenvalue weighted by molar-refractivity contribution is 0.0464. The van der Waals surface area contributed by atoms with Gasteiger partial charge in [-0.05, 0) is 32.4 Å². The van der Waals surface area contributed by atoms with Crippen LogP contribution in [0.5, 0.6) is 0 Å². The second-order valence-corrected chi connectivity index (χ2v) is 4.69. The Morgan fingerprint density at radius 1 is 1.14 bits per heavy atom. The zero-order valence-electron chi connectivity index (χ0n) is 12.5. The minimum absolute atomic E-state index is 0.230. The highest BCUT2D eigenvalue weighted by atomic mass is 16.5. The standard InChI is InChI=1S/C17H18N2O2/c1-4-8-15-12(2)18-13(3)16(19-15)17(20)21-11-14-9-6-5-7-10-14/h4-10H,11H2,1-3H3/b8-4-. The number of rotatable bonds is 4. The predicted molar refractivity (Wildman–Crippen MR) is 81.8 cm³/mol. The fourth-order valence-electron chi connectivity index (χ4n) is 1.94. The minimum Gasteiger partial charge on any atom is -0.456 e. The molecule has 1 heterocycles. The molecule has 2 rings (SSSR count). The van der Waals surface area contributed by atoms with Crippen molar-refractivity contribution in [1.29, 1.82) is 0 Å². The Kier molecular flexibility index (Phi) is 4.82. The Morgan fingerprint density at radius 3 is 2.52 bits per heavy atom. The molecule has 0 N–H and O–H groups in total. The van der Waals surface area contributed by atoms with Gasteiger partial charge < -0.3 is 4.74 Å². The summed E-state index contributed by atoms with van der Waals surface area (Å²) in [4.78, 5) is 20.9. The van der Waals surface area contributed by atoms with E-state index in [-0.39, 0.29) is 12.3 Å². The van der Waals surface area contributed by atoms with Gasteiger partial charge in [-0.3, -0.25) is 4.98 Å². The molecule has 0 spiro atoms. The van der Waals surface area contributed by atoms with E-state index in [1.165, 1.54) is 0 Å². The maximum absolute atomic E-state index is 12.2. The first-order valence-electron chi connectivity index (χ1n) is 6.80. The zero-order chi connectivity index (χ0) is 15.2. The van der Waals surface area contributed by atoms with Crippen molar-refractivity contribution in [2.45, 2.75) is 27.4 Å². The number of nitrogens with zero attached hydrogens (tertiary/aromatic N) is 2. The van der Waals surface area contributed by atoms with Crippen molar-refractivity contribution < 1.29 is 9.53 Å². The van der Waals surface area contributed by atoms with E-state index in [9.17, 15) is 4.79 Å². The van der Waals surface area contributed by atoms with Crippen molar-refractivity contribution in [2.75, 3.05) is 0 Å². The van der Waals surface area contributed by atoms with Crippen molar-refractivity contribution in [3.05, 3.63) is 64.7 Å². The van der Waals surface area contributed by atoms with Crippen LogP contribution in [0.15, 0.2) is 36.4 Å². The molecule has 0 aliphatic carbocycles. The molecule has 4 nitrogen and oxygen atoms in total. The number of aromatic nitrogens is 2. The minimum atomic E-state index is -0.449. The molecule has 0 saturated carbocycles. The average molecular weight is 282 g/mol. The van der Waals surface area contributed by atoms with Crippen molar-refractivity contribution in [2.24, 2.45) is 0 Å². The molecule has 21 heavy (non-hydrogen) atoms. The first-order chi connectivity index (χ1) is 10.1. The van der Waals surface area contributed by atoms with E-state index in [2.05, 4.69) is 9.97 Å². The fourth-order valence-corrected chi connectivity index (χ4v) is 1.94. The summed E-state index contributed by atoms with van der Waals surface area (Å²) in [5.74, 6) is -0.449. The van der Waals surface area contributed by atoms with Crippen LogP contribution in [0.2, 0.25) is 0 Å². The van der Waals surface area contributed by atoms with Crippen LogP contribution in [0, 0.1) is 13.8 Å². The molecule has 4 heteroatoms. The molecule has 0 aliphatic heterocycles. The number of hydrogen-bond acceptors (Lipinski definition) is 4. The quantitative estimate of drug-likeness (QED) is 0.806. The molecule has 2 aromatic rings. The third kappa shape index (κ3) is 3.75. The van der Waals surface area contributed by atoms with Gasteiger partial charge in [0.05, 0.1) is 17.1 Å². The van der Waals surface area contributed by atoms with Crippen molar-refractivity contribution in [1.82, 2.24) is 9.97 Å². The summed E-state index contributed by atoms with van der Waals surface area (Å²) >= 11 is 0. The monoisotopic (exact) mass is 282 g/mol. The summed E-state index contributed by atoms with van der Waals surface area (Å²) in [6.45, 7) is 5.76. The van der Waals surface area contributed by atoms with E-state index >= 15 is 0 Å². The van der Waals surface area contributed by atoms with E-state index in [1.807, 2.05) is 56.3 Å². The maximum atomic E-state index is 12.2. The van der Waals surface area contributed by atoms with Gasteiger partial charge in [-0.25, -0.2) is 9.78 Å². The summed E-state index contributed by atoms with van der Waals surface area (Å²) in [5, 5.41) is 0. The molecule has 0 fully saturated rings. The van der Waals surface area contributed by atoms with Crippen LogP contribution in [-0.4, -0.2) is 15.9 Å². The molecule has 0 bridgehead atoms. The summed E-state index contributed by atoms with van der Waals surface area (Å²) in [6.07, 6.45) is 3.70. The van der Waals surface area contributed by atoms with Crippen LogP contribution in [-0.2, 0) is 11.3 Å². The number of aryl methyl sites for hydroxylation is 2. The normalized spacial score (nSPS) is 10.8. The molecule has 0 saturated heterocycles. The third-order valence-corrected chi connectivity index (χ3v) is 3.01. The highest BCUT2D eigenvalue weighted by Crippen LogP contribution is 2.12. The Bertz CT molecular complexity index is 664.